The van der Waals surface area contributed by atoms with E-state index in [-0.39, 0.29) is 17.2 Å². The Morgan fingerprint density at radius 2 is 1.86 bits per heavy atom. The van der Waals surface area contributed by atoms with Crippen molar-refractivity contribution in [3.05, 3.63) is 59.0 Å². The number of ether oxygens (including phenoxy) is 1. The van der Waals surface area contributed by atoms with Crippen molar-refractivity contribution >= 4 is 0 Å². The normalized spacial score (nSPS) is 19.3. The number of aromatic nitrogens is 3. The Bertz CT molecular complexity index is 1020. The summed E-state index contributed by atoms with van der Waals surface area (Å²) in [5, 5.41) is 18.5. The molecule has 2 heterocycles. The SMILES string of the molecule is O=c1cc(-c2ccc(-c3ccc(O[C@H]4CCCC[C@@H]4F)nn3)c(O)c2)cc[nH]1. The molecule has 3 aromatic rings. The van der Waals surface area contributed by atoms with Gasteiger partial charge in [-0.3, -0.25) is 4.79 Å². The fourth-order valence-corrected chi connectivity index (χ4v) is 3.42. The monoisotopic (exact) mass is 381 g/mol. The summed E-state index contributed by atoms with van der Waals surface area (Å²) < 4.78 is 19.5. The number of benzene rings is 1. The highest BCUT2D eigenvalue weighted by Gasteiger charge is 2.26. The van der Waals surface area contributed by atoms with Crippen molar-refractivity contribution in [1.29, 1.82) is 0 Å². The Morgan fingerprint density at radius 1 is 1.04 bits per heavy atom. The van der Waals surface area contributed by atoms with Crippen LogP contribution in [0.3, 0.4) is 0 Å². The Balaban J connectivity index is 1.53. The predicted octanol–water partition coefficient (Wildman–Crippen LogP) is 3.86. The van der Waals surface area contributed by atoms with Gasteiger partial charge in [-0.1, -0.05) is 12.5 Å². The Morgan fingerprint density at radius 3 is 2.57 bits per heavy atom. The second-order valence-electron chi connectivity index (χ2n) is 6.89. The van der Waals surface area contributed by atoms with Crippen molar-refractivity contribution < 1.29 is 14.2 Å². The highest BCUT2D eigenvalue weighted by Crippen LogP contribution is 2.32. The molecule has 2 aromatic heterocycles. The number of pyridine rings is 1. The third-order valence-electron chi connectivity index (χ3n) is 4.92. The first kappa shape index (κ1) is 18.2. The average molecular weight is 381 g/mol. The Hall–Kier alpha value is -3.22. The zero-order valence-electron chi connectivity index (χ0n) is 15.1. The number of H-pyrrole nitrogens is 1. The fraction of sp³-hybridized carbons (Fsp3) is 0.286. The van der Waals surface area contributed by atoms with Crippen LogP contribution in [0.1, 0.15) is 25.7 Å². The molecule has 1 aliphatic rings. The number of phenols is 1. The molecule has 144 valence electrons. The molecule has 0 amide bonds. The molecule has 1 saturated carbocycles. The smallest absolute Gasteiger partial charge is 0.248 e. The first-order valence-corrected chi connectivity index (χ1v) is 9.27. The third-order valence-corrected chi connectivity index (χ3v) is 4.92. The maximum Gasteiger partial charge on any atom is 0.248 e. The van der Waals surface area contributed by atoms with E-state index in [1.54, 1.807) is 42.6 Å². The largest absolute Gasteiger partial charge is 0.507 e. The molecular weight excluding hydrogens is 361 g/mol. The number of rotatable bonds is 4. The van der Waals surface area contributed by atoms with Gasteiger partial charge >= 0.3 is 0 Å². The summed E-state index contributed by atoms with van der Waals surface area (Å²) >= 11 is 0. The first-order valence-electron chi connectivity index (χ1n) is 9.27. The summed E-state index contributed by atoms with van der Waals surface area (Å²) in [5.41, 5.74) is 2.19. The van der Waals surface area contributed by atoms with E-state index < -0.39 is 12.3 Å². The molecule has 28 heavy (non-hydrogen) atoms. The molecule has 0 aliphatic heterocycles. The number of phenolic OH excluding ortho intramolecular Hbond substituents is 1. The topological polar surface area (TPSA) is 88.1 Å². The predicted molar refractivity (Wildman–Crippen MR) is 103 cm³/mol. The lowest BCUT2D eigenvalue weighted by Gasteiger charge is -2.25. The molecule has 2 N–H and O–H groups in total. The van der Waals surface area contributed by atoms with Crippen molar-refractivity contribution in [2.45, 2.75) is 38.0 Å². The lowest BCUT2D eigenvalue weighted by molar-refractivity contribution is 0.0594. The summed E-state index contributed by atoms with van der Waals surface area (Å²) in [6.45, 7) is 0. The van der Waals surface area contributed by atoms with Crippen LogP contribution >= 0.6 is 0 Å². The van der Waals surface area contributed by atoms with Gasteiger partial charge in [0.2, 0.25) is 11.4 Å². The van der Waals surface area contributed by atoms with Gasteiger partial charge in [-0.15, -0.1) is 10.2 Å². The van der Waals surface area contributed by atoms with E-state index in [1.807, 2.05) is 0 Å². The maximum atomic E-state index is 13.9. The molecule has 1 aliphatic carbocycles. The van der Waals surface area contributed by atoms with Gasteiger partial charge in [-0.05, 0) is 54.7 Å². The molecule has 6 nitrogen and oxygen atoms in total. The Labute approximate surface area is 161 Å². The molecule has 1 fully saturated rings. The van der Waals surface area contributed by atoms with Gasteiger partial charge in [0.05, 0.1) is 5.69 Å². The number of aromatic amines is 1. The molecular formula is C21H20FN3O3. The lowest BCUT2D eigenvalue weighted by Crippen LogP contribution is -2.32. The van der Waals surface area contributed by atoms with Crippen LogP contribution in [0.25, 0.3) is 22.4 Å². The molecule has 0 radical (unpaired) electrons. The zero-order valence-corrected chi connectivity index (χ0v) is 15.1. The quantitative estimate of drug-likeness (QED) is 0.716. The number of halogens is 1. The van der Waals surface area contributed by atoms with E-state index in [0.29, 0.717) is 35.2 Å². The second kappa shape index (κ2) is 7.80. The van der Waals surface area contributed by atoms with E-state index in [1.165, 1.54) is 6.07 Å². The molecule has 0 spiro atoms. The van der Waals surface area contributed by atoms with E-state index in [9.17, 15) is 14.3 Å². The third kappa shape index (κ3) is 3.88. The van der Waals surface area contributed by atoms with Gasteiger partial charge in [0, 0.05) is 23.9 Å². The van der Waals surface area contributed by atoms with Crippen LogP contribution in [-0.4, -0.2) is 32.6 Å². The van der Waals surface area contributed by atoms with Crippen LogP contribution in [0.2, 0.25) is 0 Å². The minimum Gasteiger partial charge on any atom is -0.507 e. The first-order chi connectivity index (χ1) is 13.6. The maximum absolute atomic E-state index is 13.9. The van der Waals surface area contributed by atoms with Crippen LogP contribution < -0.4 is 10.3 Å². The van der Waals surface area contributed by atoms with E-state index in [2.05, 4.69) is 15.2 Å². The minimum absolute atomic E-state index is 0.0249. The fourth-order valence-electron chi connectivity index (χ4n) is 3.42. The van der Waals surface area contributed by atoms with Gasteiger partial charge in [-0.25, -0.2) is 4.39 Å². The molecule has 0 saturated heterocycles. The number of aromatic hydroxyl groups is 1. The van der Waals surface area contributed by atoms with Crippen LogP contribution in [0.5, 0.6) is 11.6 Å². The molecule has 0 bridgehead atoms. The lowest BCUT2D eigenvalue weighted by atomic mass is 9.96. The van der Waals surface area contributed by atoms with Crippen LogP contribution in [0.4, 0.5) is 4.39 Å². The molecule has 4 rings (SSSR count). The van der Waals surface area contributed by atoms with Gasteiger partial charge in [0.1, 0.15) is 18.0 Å². The summed E-state index contributed by atoms with van der Waals surface area (Å²) in [6, 6.07) is 11.6. The van der Waals surface area contributed by atoms with Crippen LogP contribution in [-0.2, 0) is 0 Å². The molecule has 1 aromatic carbocycles. The van der Waals surface area contributed by atoms with Crippen LogP contribution in [0.15, 0.2) is 53.5 Å². The van der Waals surface area contributed by atoms with Gasteiger partial charge < -0.3 is 14.8 Å². The van der Waals surface area contributed by atoms with Gasteiger partial charge in [-0.2, -0.15) is 0 Å². The summed E-state index contributed by atoms with van der Waals surface area (Å²) in [6.07, 6.45) is 3.13. The molecule has 0 unspecified atom stereocenters. The highest BCUT2D eigenvalue weighted by atomic mass is 19.1. The summed E-state index contributed by atoms with van der Waals surface area (Å²) in [4.78, 5) is 14.0. The van der Waals surface area contributed by atoms with E-state index in [0.717, 1.165) is 12.8 Å². The highest BCUT2D eigenvalue weighted by molar-refractivity contribution is 5.73. The number of nitrogens with one attached hydrogen (secondary N) is 1. The number of hydrogen-bond donors (Lipinski definition) is 2. The number of alkyl halides is 1. The van der Waals surface area contributed by atoms with E-state index >= 15 is 0 Å². The average Bonchev–Trinajstić information content (AvgIpc) is 2.70. The van der Waals surface area contributed by atoms with Gasteiger partial charge in [0.15, 0.2) is 0 Å². The zero-order chi connectivity index (χ0) is 19.5. The van der Waals surface area contributed by atoms with Crippen molar-refractivity contribution in [3.63, 3.8) is 0 Å². The van der Waals surface area contributed by atoms with Crippen molar-refractivity contribution in [2.75, 3.05) is 0 Å². The number of hydrogen-bond acceptors (Lipinski definition) is 5. The van der Waals surface area contributed by atoms with Crippen LogP contribution in [0, 0.1) is 0 Å². The van der Waals surface area contributed by atoms with Crippen molar-refractivity contribution in [1.82, 2.24) is 15.2 Å². The summed E-state index contributed by atoms with van der Waals surface area (Å²) in [7, 11) is 0. The van der Waals surface area contributed by atoms with Crippen molar-refractivity contribution in [2.24, 2.45) is 0 Å². The standard InChI is InChI=1S/C21H20FN3O3/c22-16-3-1-2-4-19(16)28-21-8-7-17(24-25-21)15-6-5-13(11-18(15)26)14-9-10-23-20(27)12-14/h5-12,16,19,26H,1-4H2,(H,23,27)/t16-,19-/m0/s1. The number of nitrogens with zero attached hydrogens (tertiary/aromatic N) is 2. The van der Waals surface area contributed by atoms with Crippen molar-refractivity contribution in [3.8, 4) is 34.0 Å². The minimum atomic E-state index is -0.975. The molecule has 7 heteroatoms. The van der Waals surface area contributed by atoms with E-state index in [4.69, 9.17) is 4.74 Å². The second-order valence-corrected chi connectivity index (χ2v) is 6.89. The molecule has 2 atom stereocenters. The summed E-state index contributed by atoms with van der Waals surface area (Å²) in [5.74, 6) is 0.301. The van der Waals surface area contributed by atoms with Gasteiger partial charge in [0.25, 0.3) is 0 Å². The Kier molecular flexibility index (Phi) is 5.06.